The molecule has 0 aliphatic carbocycles. The number of carbonyl (C=O) groups excluding carboxylic acids is 1. The van der Waals surface area contributed by atoms with E-state index in [-0.39, 0.29) is 10.3 Å². The summed E-state index contributed by atoms with van der Waals surface area (Å²) in [6.07, 6.45) is -2.56. The molecule has 0 atom stereocenters. The molecule has 0 aromatic heterocycles. The first kappa shape index (κ1) is 17.7. The molecule has 0 spiro atoms. The lowest BCUT2D eigenvalue weighted by molar-refractivity contribution is -0.137. The second kappa shape index (κ2) is 6.60. The van der Waals surface area contributed by atoms with Gasteiger partial charge in [-0.25, -0.2) is 0 Å². The monoisotopic (exact) mass is 320 g/mol. The Morgan fingerprint density at radius 3 is 2.38 bits per heavy atom. The molecule has 0 fully saturated rings. The van der Waals surface area contributed by atoms with Crippen molar-refractivity contribution in [3.63, 3.8) is 0 Å². The van der Waals surface area contributed by atoms with Gasteiger partial charge < -0.3 is 10.6 Å². The van der Waals surface area contributed by atoms with Crippen LogP contribution in [-0.4, -0.2) is 30.5 Å². The van der Waals surface area contributed by atoms with E-state index in [1.54, 1.807) is 18.8 Å². The van der Waals surface area contributed by atoms with E-state index in [4.69, 9.17) is 0 Å². The Bertz CT molecular complexity index is 515. The van der Waals surface area contributed by atoms with Crippen molar-refractivity contribution in [2.45, 2.75) is 24.8 Å². The number of hydrogen-bond donors (Lipinski definition) is 2. The van der Waals surface area contributed by atoms with Crippen LogP contribution in [-0.2, 0) is 6.18 Å². The first-order valence-corrected chi connectivity index (χ1v) is 7.55. The number of benzene rings is 1. The molecule has 0 unspecified atom stereocenters. The van der Waals surface area contributed by atoms with Crippen LogP contribution >= 0.6 is 11.8 Å². The summed E-state index contributed by atoms with van der Waals surface area (Å²) in [6.45, 7) is 4.26. The summed E-state index contributed by atoms with van der Waals surface area (Å²) < 4.78 is 38.0. The quantitative estimate of drug-likeness (QED) is 0.870. The molecule has 2 N–H and O–H groups in total. The summed E-state index contributed by atoms with van der Waals surface area (Å²) in [7, 11) is 1.56. The summed E-state index contributed by atoms with van der Waals surface area (Å²) in [6, 6.07) is 3.08. The average molecular weight is 320 g/mol. The standard InChI is InChI=1S/C14H19F3N2OS/c1-13(2,21-4)8-19-12(20)10-7-9(14(15,16)17)5-6-11(10)18-3/h5-7,18H,8H2,1-4H3,(H,19,20). The van der Waals surface area contributed by atoms with E-state index in [9.17, 15) is 18.0 Å². The van der Waals surface area contributed by atoms with Crippen molar-refractivity contribution in [3.8, 4) is 0 Å². The molecule has 118 valence electrons. The topological polar surface area (TPSA) is 41.1 Å². The SMILES string of the molecule is CNc1ccc(C(F)(F)F)cc1C(=O)NCC(C)(C)SC. The fourth-order valence-electron chi connectivity index (χ4n) is 1.59. The van der Waals surface area contributed by atoms with Gasteiger partial charge in [0.25, 0.3) is 5.91 Å². The van der Waals surface area contributed by atoms with Gasteiger partial charge in [0.05, 0.1) is 11.1 Å². The van der Waals surface area contributed by atoms with Crippen molar-refractivity contribution in [1.82, 2.24) is 5.32 Å². The highest BCUT2D eigenvalue weighted by Crippen LogP contribution is 2.31. The summed E-state index contributed by atoms with van der Waals surface area (Å²) in [5.41, 5.74) is -0.484. The van der Waals surface area contributed by atoms with E-state index in [0.29, 0.717) is 12.2 Å². The molecule has 0 saturated carbocycles. The molecule has 1 rings (SSSR count). The summed E-state index contributed by atoms with van der Waals surface area (Å²) in [4.78, 5) is 12.1. The molecule has 1 aromatic rings. The van der Waals surface area contributed by atoms with Crippen LogP contribution in [0.25, 0.3) is 0 Å². The highest BCUT2D eigenvalue weighted by molar-refractivity contribution is 7.99. The van der Waals surface area contributed by atoms with Gasteiger partial charge >= 0.3 is 6.18 Å². The van der Waals surface area contributed by atoms with E-state index < -0.39 is 17.6 Å². The second-order valence-corrected chi connectivity index (χ2v) is 6.67. The second-order valence-electron chi connectivity index (χ2n) is 5.15. The van der Waals surface area contributed by atoms with Gasteiger partial charge in [0.2, 0.25) is 0 Å². The zero-order valence-electron chi connectivity index (χ0n) is 12.4. The van der Waals surface area contributed by atoms with Gasteiger partial charge in [-0.05, 0) is 38.3 Å². The lowest BCUT2D eigenvalue weighted by Crippen LogP contribution is -2.36. The Hall–Kier alpha value is -1.37. The van der Waals surface area contributed by atoms with E-state index in [0.717, 1.165) is 12.1 Å². The third-order valence-corrected chi connectivity index (χ3v) is 4.34. The van der Waals surface area contributed by atoms with Crippen molar-refractivity contribution in [2.24, 2.45) is 0 Å². The van der Waals surface area contributed by atoms with Crippen LogP contribution < -0.4 is 10.6 Å². The van der Waals surface area contributed by atoms with Gasteiger partial charge in [0.15, 0.2) is 0 Å². The number of thioether (sulfide) groups is 1. The highest BCUT2D eigenvalue weighted by atomic mass is 32.2. The smallest absolute Gasteiger partial charge is 0.387 e. The van der Waals surface area contributed by atoms with Crippen molar-refractivity contribution in [3.05, 3.63) is 29.3 Å². The minimum atomic E-state index is -4.47. The summed E-state index contributed by atoms with van der Waals surface area (Å²) in [5, 5.41) is 5.41. The van der Waals surface area contributed by atoms with Crippen LogP contribution in [0.4, 0.5) is 18.9 Å². The third-order valence-electron chi connectivity index (χ3n) is 3.09. The van der Waals surface area contributed by atoms with E-state index >= 15 is 0 Å². The van der Waals surface area contributed by atoms with Crippen LogP contribution in [0.1, 0.15) is 29.8 Å². The maximum absolute atomic E-state index is 12.7. The molecule has 1 aromatic carbocycles. The van der Waals surface area contributed by atoms with Crippen LogP contribution in [0.2, 0.25) is 0 Å². The Kier molecular flexibility index (Phi) is 5.55. The predicted molar refractivity (Wildman–Crippen MR) is 80.9 cm³/mol. The Labute approximate surface area is 126 Å². The van der Waals surface area contributed by atoms with Gasteiger partial charge in [-0.2, -0.15) is 24.9 Å². The number of amides is 1. The third kappa shape index (κ3) is 4.84. The Morgan fingerprint density at radius 1 is 1.29 bits per heavy atom. The van der Waals surface area contributed by atoms with Crippen molar-refractivity contribution >= 4 is 23.4 Å². The van der Waals surface area contributed by atoms with Gasteiger partial charge in [-0.3, -0.25) is 4.79 Å². The Morgan fingerprint density at radius 2 is 1.90 bits per heavy atom. The van der Waals surface area contributed by atoms with Crippen LogP contribution in [0, 0.1) is 0 Å². The molecule has 0 bridgehead atoms. The highest BCUT2D eigenvalue weighted by Gasteiger charge is 2.31. The largest absolute Gasteiger partial charge is 0.416 e. The van der Waals surface area contributed by atoms with Crippen molar-refractivity contribution in [2.75, 3.05) is 25.2 Å². The van der Waals surface area contributed by atoms with Crippen molar-refractivity contribution in [1.29, 1.82) is 0 Å². The number of hydrogen-bond acceptors (Lipinski definition) is 3. The average Bonchev–Trinajstić information content (AvgIpc) is 2.43. The van der Waals surface area contributed by atoms with E-state index in [2.05, 4.69) is 10.6 Å². The maximum atomic E-state index is 12.7. The molecule has 0 aliphatic rings. The van der Waals surface area contributed by atoms with Crippen LogP contribution in [0.3, 0.4) is 0 Å². The molecule has 1 amide bonds. The molecule has 21 heavy (non-hydrogen) atoms. The fourth-order valence-corrected chi connectivity index (χ4v) is 1.80. The number of halogens is 3. The lowest BCUT2D eigenvalue weighted by Gasteiger charge is -2.22. The summed E-state index contributed by atoms with van der Waals surface area (Å²) >= 11 is 1.57. The maximum Gasteiger partial charge on any atom is 0.416 e. The first-order valence-electron chi connectivity index (χ1n) is 6.33. The molecule has 0 heterocycles. The van der Waals surface area contributed by atoms with Gasteiger partial charge in [0, 0.05) is 24.0 Å². The van der Waals surface area contributed by atoms with Gasteiger partial charge in [-0.15, -0.1) is 0 Å². The molecule has 0 saturated heterocycles. The van der Waals surface area contributed by atoms with Crippen LogP contribution in [0.5, 0.6) is 0 Å². The lowest BCUT2D eigenvalue weighted by atomic mass is 10.1. The molecule has 0 radical (unpaired) electrons. The normalized spacial score (nSPS) is 12.1. The molecule has 0 aliphatic heterocycles. The number of carbonyl (C=O) groups is 1. The Balaban J connectivity index is 3.01. The molecular formula is C14H19F3N2OS. The van der Waals surface area contributed by atoms with Crippen molar-refractivity contribution < 1.29 is 18.0 Å². The zero-order valence-corrected chi connectivity index (χ0v) is 13.2. The van der Waals surface area contributed by atoms with Gasteiger partial charge in [-0.1, -0.05) is 0 Å². The van der Waals surface area contributed by atoms with E-state index in [1.807, 2.05) is 20.1 Å². The minimum absolute atomic E-state index is 0.00997. The zero-order chi connectivity index (χ0) is 16.3. The van der Waals surface area contributed by atoms with E-state index in [1.165, 1.54) is 6.07 Å². The number of alkyl halides is 3. The predicted octanol–water partition coefficient (Wildman–Crippen LogP) is 3.62. The van der Waals surface area contributed by atoms with Crippen LogP contribution in [0.15, 0.2) is 18.2 Å². The number of nitrogens with one attached hydrogen (secondary N) is 2. The fraction of sp³-hybridized carbons (Fsp3) is 0.500. The number of anilines is 1. The summed E-state index contributed by atoms with van der Waals surface area (Å²) in [5.74, 6) is -0.521. The minimum Gasteiger partial charge on any atom is -0.387 e. The molecule has 3 nitrogen and oxygen atoms in total. The molecular weight excluding hydrogens is 301 g/mol. The number of rotatable bonds is 5. The molecule has 7 heteroatoms. The van der Waals surface area contributed by atoms with Gasteiger partial charge in [0.1, 0.15) is 0 Å². The first-order chi connectivity index (χ1) is 9.60.